The third-order valence-corrected chi connectivity index (χ3v) is 5.18. The second-order valence-electron chi connectivity index (χ2n) is 5.29. The maximum atomic E-state index is 12.3. The van der Waals surface area contributed by atoms with Crippen LogP contribution in [0.3, 0.4) is 0 Å². The first-order chi connectivity index (χ1) is 12.8. The van der Waals surface area contributed by atoms with E-state index >= 15 is 0 Å². The second kappa shape index (κ2) is 7.60. The van der Waals surface area contributed by atoms with Crippen molar-refractivity contribution >= 4 is 57.6 Å². The number of nitrogens with zero attached hydrogens (tertiary/aromatic N) is 2. The Bertz CT molecular complexity index is 971. The molecule has 1 saturated heterocycles. The third-order valence-electron chi connectivity index (χ3n) is 3.46. The minimum absolute atomic E-state index is 0.0632. The molecule has 0 radical (unpaired) electrons. The molecule has 2 N–H and O–H groups in total. The molecule has 0 atom stereocenters. The Morgan fingerprint density at radius 1 is 1.33 bits per heavy atom. The van der Waals surface area contributed by atoms with Gasteiger partial charge in [0.2, 0.25) is 5.91 Å². The first kappa shape index (κ1) is 18.6. The Morgan fingerprint density at radius 3 is 2.74 bits per heavy atom. The molecule has 3 amide bonds. The summed E-state index contributed by atoms with van der Waals surface area (Å²) in [6, 6.07) is 6.77. The average Bonchev–Trinajstić information content (AvgIpc) is 3.21. The van der Waals surface area contributed by atoms with Crippen molar-refractivity contribution in [2.75, 3.05) is 11.9 Å². The molecule has 2 aromatic rings. The van der Waals surface area contributed by atoms with E-state index in [1.165, 1.54) is 11.3 Å². The fourth-order valence-corrected chi connectivity index (χ4v) is 3.77. The van der Waals surface area contributed by atoms with Crippen molar-refractivity contribution in [2.45, 2.75) is 0 Å². The highest BCUT2D eigenvalue weighted by Crippen LogP contribution is 2.33. The van der Waals surface area contributed by atoms with Crippen molar-refractivity contribution in [3.63, 3.8) is 0 Å². The van der Waals surface area contributed by atoms with Crippen LogP contribution >= 0.6 is 23.1 Å². The highest BCUT2D eigenvalue weighted by molar-refractivity contribution is 8.18. The van der Waals surface area contributed by atoms with E-state index in [9.17, 15) is 29.6 Å². The highest BCUT2D eigenvalue weighted by atomic mass is 32.2. The number of benzene rings is 1. The second-order valence-corrected chi connectivity index (χ2v) is 7.26. The van der Waals surface area contributed by atoms with Crippen LogP contribution in [0.25, 0.3) is 6.08 Å². The molecule has 138 valence electrons. The number of nitro groups is 1. The maximum Gasteiger partial charge on any atom is 0.294 e. The lowest BCUT2D eigenvalue weighted by Crippen LogP contribution is -2.36. The number of thiophene rings is 1. The van der Waals surface area contributed by atoms with Gasteiger partial charge in [-0.15, -0.1) is 11.3 Å². The molecule has 0 spiro atoms. The molecule has 1 aliphatic rings. The predicted molar refractivity (Wildman–Crippen MR) is 100 cm³/mol. The maximum absolute atomic E-state index is 12.3. The van der Waals surface area contributed by atoms with E-state index in [1.54, 1.807) is 12.1 Å². The average molecular weight is 405 g/mol. The number of hydrogen-bond donors (Lipinski definition) is 2. The van der Waals surface area contributed by atoms with E-state index in [0.29, 0.717) is 0 Å². The monoisotopic (exact) mass is 405 g/mol. The number of aromatic hydroxyl groups is 1. The van der Waals surface area contributed by atoms with Gasteiger partial charge < -0.3 is 10.4 Å². The summed E-state index contributed by atoms with van der Waals surface area (Å²) in [6.07, 6.45) is 1.58. The molecule has 1 aromatic heterocycles. The summed E-state index contributed by atoms with van der Waals surface area (Å²) >= 11 is 2.15. The zero-order valence-corrected chi connectivity index (χ0v) is 15.1. The van der Waals surface area contributed by atoms with Crippen molar-refractivity contribution < 1.29 is 24.4 Å². The molecule has 0 bridgehead atoms. The molecule has 0 unspecified atom stereocenters. The SMILES string of the molecule is O=C(CN1C(=O)S/C(=C\c2cccs2)C1=O)Nc1ccc([N+](=O)[O-])cc1O. The summed E-state index contributed by atoms with van der Waals surface area (Å²) in [5.41, 5.74) is -0.401. The van der Waals surface area contributed by atoms with Gasteiger partial charge in [-0.1, -0.05) is 6.07 Å². The molecule has 0 saturated carbocycles. The van der Waals surface area contributed by atoms with Gasteiger partial charge in [-0.05, 0) is 35.4 Å². The van der Waals surface area contributed by atoms with Gasteiger partial charge in [0.15, 0.2) is 0 Å². The number of phenolic OH excluding ortho intramolecular Hbond substituents is 1. The number of hydrogen-bond acceptors (Lipinski definition) is 8. The van der Waals surface area contributed by atoms with Gasteiger partial charge in [0.05, 0.1) is 21.6 Å². The molecular weight excluding hydrogens is 394 g/mol. The molecule has 0 aliphatic carbocycles. The van der Waals surface area contributed by atoms with Crippen molar-refractivity contribution in [1.29, 1.82) is 0 Å². The van der Waals surface area contributed by atoms with Gasteiger partial charge in [0.25, 0.3) is 16.8 Å². The number of carbonyl (C=O) groups is 3. The Hall–Kier alpha value is -3.18. The largest absolute Gasteiger partial charge is 0.506 e. The van der Waals surface area contributed by atoms with Crippen LogP contribution in [0.5, 0.6) is 5.75 Å². The van der Waals surface area contributed by atoms with Gasteiger partial charge in [0.1, 0.15) is 12.3 Å². The minimum atomic E-state index is -0.723. The van der Waals surface area contributed by atoms with Gasteiger partial charge >= 0.3 is 0 Å². The van der Waals surface area contributed by atoms with Crippen molar-refractivity contribution in [3.05, 3.63) is 55.6 Å². The fraction of sp³-hybridized carbons (Fsp3) is 0.0625. The number of imide groups is 1. The summed E-state index contributed by atoms with van der Waals surface area (Å²) in [5, 5.41) is 24.0. The number of phenols is 1. The topological polar surface area (TPSA) is 130 Å². The number of carbonyl (C=O) groups excluding carboxylic acids is 3. The number of rotatable bonds is 5. The summed E-state index contributed by atoms with van der Waals surface area (Å²) < 4.78 is 0. The smallest absolute Gasteiger partial charge is 0.294 e. The zero-order chi connectivity index (χ0) is 19.6. The molecule has 1 aromatic carbocycles. The van der Waals surface area contributed by atoms with Crippen molar-refractivity contribution in [1.82, 2.24) is 4.90 Å². The Morgan fingerprint density at radius 2 is 2.11 bits per heavy atom. The lowest BCUT2D eigenvalue weighted by Gasteiger charge is -2.13. The summed E-state index contributed by atoms with van der Waals surface area (Å²) in [6.45, 7) is -0.539. The van der Waals surface area contributed by atoms with E-state index in [-0.39, 0.29) is 16.3 Å². The standard InChI is InChI=1S/C16H11N3O6S2/c20-12-6-9(19(24)25)3-4-11(12)17-14(21)8-18-15(22)13(27-16(18)23)7-10-2-1-5-26-10/h1-7,20H,8H2,(H,17,21)/b13-7-. The van der Waals surface area contributed by atoms with Crippen LogP contribution in [0.15, 0.2) is 40.6 Å². The summed E-state index contributed by atoms with van der Waals surface area (Å²) in [4.78, 5) is 48.3. The van der Waals surface area contributed by atoms with Crippen LogP contribution in [-0.4, -0.2) is 38.5 Å². The zero-order valence-electron chi connectivity index (χ0n) is 13.4. The molecule has 9 nitrogen and oxygen atoms in total. The number of anilines is 1. The number of amides is 3. The molecular formula is C16H11N3O6S2. The summed E-state index contributed by atoms with van der Waals surface area (Å²) in [5.74, 6) is -1.80. The quantitative estimate of drug-likeness (QED) is 0.338. The highest BCUT2D eigenvalue weighted by Gasteiger charge is 2.36. The lowest BCUT2D eigenvalue weighted by atomic mass is 10.2. The molecule has 1 fully saturated rings. The number of thioether (sulfide) groups is 1. The van der Waals surface area contributed by atoms with Crippen LogP contribution in [-0.2, 0) is 9.59 Å². The van der Waals surface area contributed by atoms with Gasteiger partial charge in [-0.25, -0.2) is 0 Å². The normalized spacial score (nSPS) is 15.4. The van der Waals surface area contributed by atoms with Gasteiger partial charge in [-0.2, -0.15) is 0 Å². The molecule has 1 aliphatic heterocycles. The third kappa shape index (κ3) is 4.15. The first-order valence-electron chi connectivity index (χ1n) is 7.41. The van der Waals surface area contributed by atoms with Crippen molar-refractivity contribution in [2.24, 2.45) is 0 Å². The van der Waals surface area contributed by atoms with E-state index in [4.69, 9.17) is 0 Å². The Balaban J connectivity index is 1.68. The number of non-ortho nitro benzene ring substituents is 1. The Labute approximate surface area is 160 Å². The van der Waals surface area contributed by atoms with Gasteiger partial charge in [0, 0.05) is 10.9 Å². The van der Waals surface area contributed by atoms with Crippen LogP contribution in [0, 0.1) is 10.1 Å². The molecule has 3 rings (SSSR count). The van der Waals surface area contributed by atoms with Crippen LogP contribution in [0.2, 0.25) is 0 Å². The lowest BCUT2D eigenvalue weighted by molar-refractivity contribution is -0.384. The van der Waals surface area contributed by atoms with E-state index in [1.807, 2.05) is 11.4 Å². The predicted octanol–water partition coefficient (Wildman–Crippen LogP) is 3.04. The molecule has 27 heavy (non-hydrogen) atoms. The van der Waals surface area contributed by atoms with Gasteiger partial charge in [-0.3, -0.25) is 29.4 Å². The van der Waals surface area contributed by atoms with E-state index in [2.05, 4.69) is 5.32 Å². The number of nitrogens with one attached hydrogen (secondary N) is 1. The fourth-order valence-electron chi connectivity index (χ4n) is 2.21. The first-order valence-corrected chi connectivity index (χ1v) is 9.11. The minimum Gasteiger partial charge on any atom is -0.506 e. The van der Waals surface area contributed by atoms with Crippen LogP contribution in [0.1, 0.15) is 4.88 Å². The van der Waals surface area contributed by atoms with Crippen LogP contribution < -0.4 is 5.32 Å². The van der Waals surface area contributed by atoms with Crippen LogP contribution in [0.4, 0.5) is 16.2 Å². The molecule has 11 heteroatoms. The molecule has 2 heterocycles. The van der Waals surface area contributed by atoms with E-state index < -0.39 is 34.3 Å². The summed E-state index contributed by atoms with van der Waals surface area (Å²) in [7, 11) is 0. The van der Waals surface area contributed by atoms with E-state index in [0.717, 1.165) is 39.7 Å². The number of nitro benzene ring substituents is 1. The van der Waals surface area contributed by atoms with Crippen molar-refractivity contribution in [3.8, 4) is 5.75 Å². The Kier molecular flexibility index (Phi) is 5.23.